The summed E-state index contributed by atoms with van der Waals surface area (Å²) in [5.41, 5.74) is 6.86. The van der Waals surface area contributed by atoms with Crippen LogP contribution in [0.2, 0.25) is 0 Å². The molecule has 1 aromatic rings. The summed E-state index contributed by atoms with van der Waals surface area (Å²) in [7, 11) is 0. The molecule has 3 aliphatic rings. The maximum atomic E-state index is 6.14. The van der Waals surface area contributed by atoms with Gasteiger partial charge in [0.2, 0.25) is 5.95 Å². The third-order valence-electron chi connectivity index (χ3n) is 5.16. The van der Waals surface area contributed by atoms with Crippen molar-refractivity contribution in [3.63, 3.8) is 0 Å². The average molecular weight is 286 g/mol. The second-order valence-electron chi connectivity index (χ2n) is 6.49. The minimum Gasteiger partial charge on any atom is -0.370 e. The van der Waals surface area contributed by atoms with E-state index in [9.17, 15) is 0 Å². The molecule has 4 rings (SSSR count). The van der Waals surface area contributed by atoms with Crippen LogP contribution < -0.4 is 10.6 Å². The van der Waals surface area contributed by atoms with Crippen molar-refractivity contribution >= 4 is 11.9 Å². The number of anilines is 1. The molecule has 1 aromatic heterocycles. The molecule has 0 aromatic carbocycles. The molecule has 6 nitrogen and oxygen atoms in total. The number of aliphatic imine (C=N–C) groups is 1. The number of nitrogens with two attached hydrogens (primary N) is 1. The van der Waals surface area contributed by atoms with E-state index in [1.165, 1.54) is 19.3 Å². The molecule has 1 spiro atoms. The summed E-state index contributed by atoms with van der Waals surface area (Å²) in [6.45, 7) is 4.50. The largest absolute Gasteiger partial charge is 0.370 e. The van der Waals surface area contributed by atoms with E-state index in [1.807, 2.05) is 6.07 Å². The summed E-state index contributed by atoms with van der Waals surface area (Å²) in [5.74, 6) is 2.34. The Hall–Kier alpha value is -1.85. The molecule has 2 aliphatic carbocycles. The molecule has 1 aliphatic heterocycles. The van der Waals surface area contributed by atoms with Crippen LogP contribution >= 0.6 is 0 Å². The van der Waals surface area contributed by atoms with Crippen LogP contribution in [0.5, 0.6) is 0 Å². The van der Waals surface area contributed by atoms with Gasteiger partial charge in [0.05, 0.1) is 0 Å². The number of nitrogens with zero attached hydrogens (tertiary/aromatic N) is 5. The van der Waals surface area contributed by atoms with Crippen molar-refractivity contribution in [3.05, 3.63) is 18.5 Å². The standard InChI is InChI=1S/C15H22N6/c16-13(19-11-12-10-15(12)2-3-15)20-6-8-21(9-7-20)14-17-4-1-5-18-14/h1,4-5,12H,2-3,6-11H2,(H2,16,19). The molecule has 0 amide bonds. The summed E-state index contributed by atoms with van der Waals surface area (Å²) >= 11 is 0. The van der Waals surface area contributed by atoms with Gasteiger partial charge in [-0.05, 0) is 36.7 Å². The lowest BCUT2D eigenvalue weighted by molar-refractivity contribution is 0.377. The van der Waals surface area contributed by atoms with Gasteiger partial charge in [0.1, 0.15) is 0 Å². The van der Waals surface area contributed by atoms with E-state index in [4.69, 9.17) is 5.73 Å². The molecule has 1 atom stereocenters. The zero-order valence-electron chi connectivity index (χ0n) is 12.3. The van der Waals surface area contributed by atoms with Crippen molar-refractivity contribution in [1.82, 2.24) is 14.9 Å². The van der Waals surface area contributed by atoms with Crippen LogP contribution in [0.3, 0.4) is 0 Å². The summed E-state index contributed by atoms with van der Waals surface area (Å²) in [6.07, 6.45) is 7.79. The molecule has 2 saturated carbocycles. The van der Waals surface area contributed by atoms with Gasteiger partial charge in [0.25, 0.3) is 0 Å². The van der Waals surface area contributed by atoms with Crippen LogP contribution in [0.4, 0.5) is 5.95 Å². The van der Waals surface area contributed by atoms with Gasteiger partial charge in [-0.3, -0.25) is 4.99 Å². The van der Waals surface area contributed by atoms with Gasteiger partial charge in [-0.2, -0.15) is 0 Å². The highest BCUT2D eigenvalue weighted by Gasteiger charge is 2.62. The third kappa shape index (κ3) is 2.54. The first kappa shape index (κ1) is 12.9. The van der Waals surface area contributed by atoms with Gasteiger partial charge in [0.15, 0.2) is 5.96 Å². The van der Waals surface area contributed by atoms with Crippen LogP contribution in [0.1, 0.15) is 19.3 Å². The topological polar surface area (TPSA) is 70.6 Å². The van der Waals surface area contributed by atoms with E-state index in [2.05, 4.69) is 24.8 Å². The van der Waals surface area contributed by atoms with E-state index in [0.29, 0.717) is 11.4 Å². The van der Waals surface area contributed by atoms with E-state index in [-0.39, 0.29) is 0 Å². The molecule has 1 unspecified atom stereocenters. The highest BCUT2D eigenvalue weighted by atomic mass is 15.4. The Morgan fingerprint density at radius 2 is 1.95 bits per heavy atom. The number of aromatic nitrogens is 2. The maximum Gasteiger partial charge on any atom is 0.225 e. The van der Waals surface area contributed by atoms with E-state index in [1.54, 1.807) is 12.4 Å². The lowest BCUT2D eigenvalue weighted by atomic mass is 10.3. The van der Waals surface area contributed by atoms with Gasteiger partial charge in [-0.15, -0.1) is 0 Å². The Bertz CT molecular complexity index is 530. The molecule has 1 saturated heterocycles. The maximum absolute atomic E-state index is 6.14. The second kappa shape index (κ2) is 4.86. The summed E-state index contributed by atoms with van der Waals surface area (Å²) in [4.78, 5) is 17.6. The van der Waals surface area contributed by atoms with Crippen LogP contribution in [-0.2, 0) is 0 Å². The zero-order valence-corrected chi connectivity index (χ0v) is 12.3. The van der Waals surface area contributed by atoms with Crippen molar-refractivity contribution in [2.45, 2.75) is 19.3 Å². The monoisotopic (exact) mass is 286 g/mol. The number of guanidine groups is 1. The van der Waals surface area contributed by atoms with Crippen molar-refractivity contribution in [3.8, 4) is 0 Å². The summed E-state index contributed by atoms with van der Waals surface area (Å²) in [5, 5.41) is 0. The van der Waals surface area contributed by atoms with E-state index < -0.39 is 0 Å². The third-order valence-corrected chi connectivity index (χ3v) is 5.16. The first-order valence-electron chi connectivity index (χ1n) is 7.84. The van der Waals surface area contributed by atoms with Crippen molar-refractivity contribution in [2.75, 3.05) is 37.6 Å². The molecule has 2 N–H and O–H groups in total. The van der Waals surface area contributed by atoms with Crippen molar-refractivity contribution in [2.24, 2.45) is 22.1 Å². The highest BCUT2D eigenvalue weighted by Crippen LogP contribution is 2.70. The lowest BCUT2D eigenvalue weighted by Gasteiger charge is -2.35. The molecular weight excluding hydrogens is 264 g/mol. The molecule has 3 fully saturated rings. The Kier molecular flexibility index (Phi) is 2.97. The Labute approximate surface area is 125 Å². The van der Waals surface area contributed by atoms with Gasteiger partial charge in [-0.25, -0.2) is 9.97 Å². The van der Waals surface area contributed by atoms with Crippen LogP contribution in [-0.4, -0.2) is 53.6 Å². The van der Waals surface area contributed by atoms with Crippen molar-refractivity contribution in [1.29, 1.82) is 0 Å². The fraction of sp³-hybridized carbons (Fsp3) is 0.667. The van der Waals surface area contributed by atoms with Gasteiger partial charge in [0, 0.05) is 45.1 Å². The molecule has 112 valence electrons. The van der Waals surface area contributed by atoms with E-state index in [0.717, 1.165) is 44.6 Å². The van der Waals surface area contributed by atoms with Crippen LogP contribution in [0.25, 0.3) is 0 Å². The Morgan fingerprint density at radius 1 is 1.24 bits per heavy atom. The Morgan fingerprint density at radius 3 is 2.57 bits per heavy atom. The highest BCUT2D eigenvalue weighted by molar-refractivity contribution is 5.78. The molecule has 6 heteroatoms. The fourth-order valence-electron chi connectivity index (χ4n) is 3.36. The fourth-order valence-corrected chi connectivity index (χ4v) is 3.36. The zero-order chi connectivity index (χ0) is 14.3. The summed E-state index contributed by atoms with van der Waals surface area (Å²) < 4.78 is 0. The van der Waals surface area contributed by atoms with Gasteiger partial charge in [-0.1, -0.05) is 0 Å². The minimum absolute atomic E-state index is 0.714. The molecular formula is C15H22N6. The number of hydrogen-bond donors (Lipinski definition) is 1. The summed E-state index contributed by atoms with van der Waals surface area (Å²) in [6, 6.07) is 1.84. The molecule has 21 heavy (non-hydrogen) atoms. The normalized spacial score (nSPS) is 27.0. The SMILES string of the molecule is NC(=NCC1CC12CC2)N1CCN(c2ncccn2)CC1. The van der Waals surface area contributed by atoms with Gasteiger partial charge < -0.3 is 15.5 Å². The first-order valence-corrected chi connectivity index (χ1v) is 7.84. The first-order chi connectivity index (χ1) is 10.3. The van der Waals surface area contributed by atoms with Crippen molar-refractivity contribution < 1.29 is 0 Å². The van der Waals surface area contributed by atoms with Crippen LogP contribution in [0.15, 0.2) is 23.5 Å². The Balaban J connectivity index is 1.29. The number of piperazine rings is 1. The minimum atomic E-state index is 0.714. The molecule has 0 radical (unpaired) electrons. The molecule has 0 bridgehead atoms. The van der Waals surface area contributed by atoms with Gasteiger partial charge >= 0.3 is 0 Å². The average Bonchev–Trinajstić information content (AvgIpc) is 3.46. The number of rotatable bonds is 3. The predicted molar refractivity (Wildman–Crippen MR) is 82.1 cm³/mol. The lowest BCUT2D eigenvalue weighted by Crippen LogP contribution is -2.51. The smallest absolute Gasteiger partial charge is 0.225 e. The van der Waals surface area contributed by atoms with E-state index >= 15 is 0 Å². The molecule has 2 heterocycles. The quantitative estimate of drug-likeness (QED) is 0.654. The second-order valence-corrected chi connectivity index (χ2v) is 6.49. The number of hydrogen-bond acceptors (Lipinski definition) is 4. The predicted octanol–water partition coefficient (Wildman–Crippen LogP) is 0.713. The van der Waals surface area contributed by atoms with Crippen LogP contribution in [0, 0.1) is 11.3 Å².